The number of nitrogens with zero attached hydrogens (tertiary/aromatic N) is 5. The summed E-state index contributed by atoms with van der Waals surface area (Å²) in [6, 6.07) is 12.8. The Hall–Kier alpha value is -4.91. The van der Waals surface area contributed by atoms with Crippen LogP contribution in [0.2, 0.25) is 0 Å². The Morgan fingerprint density at radius 1 is 0.962 bits per heavy atom. The van der Waals surface area contributed by atoms with E-state index in [9.17, 15) is 23.2 Å². The van der Waals surface area contributed by atoms with Crippen molar-refractivity contribution in [2.24, 2.45) is 0 Å². The molecule has 0 saturated carbocycles. The van der Waals surface area contributed by atoms with Gasteiger partial charge in [0.15, 0.2) is 5.65 Å². The quantitative estimate of drug-likeness (QED) is 0.0818. The molecule has 53 heavy (non-hydrogen) atoms. The van der Waals surface area contributed by atoms with Gasteiger partial charge in [-0.2, -0.15) is 5.10 Å². The molecule has 4 aromatic rings. The zero-order chi connectivity index (χ0) is 37.2. The summed E-state index contributed by atoms with van der Waals surface area (Å²) in [7, 11) is 2.17. The van der Waals surface area contributed by atoms with Crippen LogP contribution >= 0.6 is 0 Å². The van der Waals surface area contributed by atoms with Crippen molar-refractivity contribution < 1.29 is 23.2 Å². The molecule has 2 aliphatic rings. The molecule has 2 fully saturated rings. The lowest BCUT2D eigenvalue weighted by Crippen LogP contribution is -2.47. The molecule has 13 heteroatoms. The number of rotatable bonds is 18. The summed E-state index contributed by atoms with van der Waals surface area (Å²) in [6.45, 7) is 3.33. The summed E-state index contributed by atoms with van der Waals surface area (Å²) < 4.78 is 30.1. The fraction of sp³-hybridized carbons (Fsp3) is 0.475. The number of imide groups is 1. The van der Waals surface area contributed by atoms with E-state index in [1.54, 1.807) is 16.8 Å². The molecule has 2 aromatic carbocycles. The number of benzene rings is 2. The van der Waals surface area contributed by atoms with Crippen LogP contribution in [0.25, 0.3) is 5.65 Å². The number of nitrogens with one attached hydrogen (secondary N) is 3. The molecule has 282 valence electrons. The van der Waals surface area contributed by atoms with E-state index in [2.05, 4.69) is 45.1 Å². The van der Waals surface area contributed by atoms with Crippen molar-refractivity contribution in [2.45, 2.75) is 89.1 Å². The maximum atomic E-state index is 14.6. The van der Waals surface area contributed by atoms with Crippen LogP contribution in [0.1, 0.15) is 98.2 Å². The van der Waals surface area contributed by atoms with Crippen LogP contribution in [-0.4, -0.2) is 76.5 Å². The summed E-state index contributed by atoms with van der Waals surface area (Å²) in [6.07, 6.45) is 14.3. The van der Waals surface area contributed by atoms with Crippen molar-refractivity contribution in [1.29, 1.82) is 0 Å². The monoisotopic (exact) mass is 728 g/mol. The molecule has 1 unspecified atom stereocenters. The lowest BCUT2D eigenvalue weighted by atomic mass is 10.0. The molecule has 2 aliphatic heterocycles. The number of amides is 3. The van der Waals surface area contributed by atoms with E-state index < -0.39 is 11.6 Å². The Labute approximate surface area is 309 Å². The number of aromatic nitrogens is 3. The summed E-state index contributed by atoms with van der Waals surface area (Å²) in [5.41, 5.74) is 3.30. The van der Waals surface area contributed by atoms with Gasteiger partial charge in [0.1, 0.15) is 29.1 Å². The number of carbonyl (C=O) groups excluding carboxylic acids is 3. The molecule has 0 bridgehead atoms. The number of anilines is 2. The molecule has 3 N–H and O–H groups in total. The molecular formula is C40H50F2N8O3. The van der Waals surface area contributed by atoms with Gasteiger partial charge in [0, 0.05) is 37.0 Å². The van der Waals surface area contributed by atoms with Gasteiger partial charge in [0.2, 0.25) is 11.8 Å². The van der Waals surface area contributed by atoms with Gasteiger partial charge < -0.3 is 20.4 Å². The zero-order valence-corrected chi connectivity index (χ0v) is 30.5. The van der Waals surface area contributed by atoms with E-state index in [1.807, 2.05) is 17.0 Å². The lowest BCUT2D eigenvalue weighted by molar-refractivity contribution is -0.133. The maximum absolute atomic E-state index is 14.6. The van der Waals surface area contributed by atoms with Crippen molar-refractivity contribution >= 4 is 34.9 Å². The average Bonchev–Trinajstić information content (AvgIpc) is 3.81. The number of hydrogen-bond donors (Lipinski definition) is 3. The Morgan fingerprint density at radius 3 is 2.55 bits per heavy atom. The van der Waals surface area contributed by atoms with E-state index in [0.717, 1.165) is 75.9 Å². The molecule has 3 amide bonds. The van der Waals surface area contributed by atoms with E-state index in [0.29, 0.717) is 54.9 Å². The maximum Gasteiger partial charge on any atom is 0.256 e. The smallest absolute Gasteiger partial charge is 0.256 e. The van der Waals surface area contributed by atoms with Gasteiger partial charge in [-0.3, -0.25) is 19.7 Å². The first-order valence-electron chi connectivity index (χ1n) is 19.0. The highest BCUT2D eigenvalue weighted by Crippen LogP contribution is 2.37. The molecule has 4 heterocycles. The van der Waals surface area contributed by atoms with Gasteiger partial charge in [-0.05, 0) is 107 Å². The minimum Gasteiger partial charge on any atom is -0.374 e. The van der Waals surface area contributed by atoms with Crippen molar-refractivity contribution in [2.75, 3.05) is 43.4 Å². The van der Waals surface area contributed by atoms with Crippen molar-refractivity contribution in [1.82, 2.24) is 30.1 Å². The van der Waals surface area contributed by atoms with Crippen LogP contribution in [0.15, 0.2) is 60.9 Å². The van der Waals surface area contributed by atoms with Gasteiger partial charge in [-0.1, -0.05) is 37.8 Å². The number of halogens is 2. The fourth-order valence-electron chi connectivity index (χ4n) is 7.29. The van der Waals surface area contributed by atoms with E-state index in [-0.39, 0.29) is 29.8 Å². The van der Waals surface area contributed by atoms with Gasteiger partial charge in [0.25, 0.3) is 5.91 Å². The van der Waals surface area contributed by atoms with Crippen molar-refractivity contribution in [3.8, 4) is 0 Å². The summed E-state index contributed by atoms with van der Waals surface area (Å²) in [4.78, 5) is 45.5. The highest BCUT2D eigenvalue weighted by molar-refractivity contribution is 6.01. The highest BCUT2D eigenvalue weighted by atomic mass is 19.1. The number of unbranched alkanes of at least 4 members (excludes halogenated alkanes) is 5. The third-order valence-corrected chi connectivity index (χ3v) is 10.3. The molecule has 0 spiro atoms. The van der Waals surface area contributed by atoms with E-state index in [4.69, 9.17) is 4.98 Å². The molecule has 11 nitrogen and oxygen atoms in total. The Kier molecular flexibility index (Phi) is 13.0. The van der Waals surface area contributed by atoms with Crippen LogP contribution in [-0.2, 0) is 16.0 Å². The molecule has 2 saturated heterocycles. The van der Waals surface area contributed by atoms with Crippen LogP contribution in [0, 0.1) is 11.6 Å². The number of piperidine rings is 1. The summed E-state index contributed by atoms with van der Waals surface area (Å²) in [5.74, 6) is -0.991. The topological polar surface area (TPSA) is 124 Å². The molecule has 0 radical (unpaired) electrons. The molecule has 6 rings (SSSR count). The molecule has 0 aliphatic carbocycles. The minimum absolute atomic E-state index is 0.209. The standard InChI is InChI=1S/C40H50F2N8O3/c1-48(23-8-10-28-12-15-30(16-13-28)45-34-18-19-37(51)47-40(34)53)22-7-5-3-2-4-6-21-43-39(52)32-27-44-50-25-20-36(46-38(32)50)49-24-9-11-35(49)31-26-29(41)14-17-33(31)42/h12-17,20,25-27,34-35,45H,2-11,18-19,21-24H2,1H3,(H,43,52)(H,47,51,53)/t34?,35-/m1/s1. The van der Waals surface area contributed by atoms with Gasteiger partial charge in [0.05, 0.1) is 12.2 Å². The highest BCUT2D eigenvalue weighted by Gasteiger charge is 2.30. The molecular weight excluding hydrogens is 678 g/mol. The minimum atomic E-state index is -0.470. The third kappa shape index (κ3) is 10.2. The van der Waals surface area contributed by atoms with Crippen molar-refractivity contribution in [3.63, 3.8) is 0 Å². The second-order valence-corrected chi connectivity index (χ2v) is 14.3. The van der Waals surface area contributed by atoms with Gasteiger partial charge in [-0.15, -0.1) is 0 Å². The van der Waals surface area contributed by atoms with Gasteiger partial charge >= 0.3 is 0 Å². The van der Waals surface area contributed by atoms with Crippen LogP contribution < -0.4 is 20.9 Å². The van der Waals surface area contributed by atoms with Crippen molar-refractivity contribution in [3.05, 3.63) is 89.2 Å². The first kappa shape index (κ1) is 37.8. The number of fused-ring (bicyclic) bond motifs is 1. The third-order valence-electron chi connectivity index (χ3n) is 10.3. The van der Waals surface area contributed by atoms with E-state index in [1.165, 1.54) is 30.7 Å². The second kappa shape index (κ2) is 18.2. The first-order chi connectivity index (χ1) is 25.7. The second-order valence-electron chi connectivity index (χ2n) is 14.3. The van der Waals surface area contributed by atoms with Crippen LogP contribution in [0.4, 0.5) is 20.3 Å². The Balaban J connectivity index is 0.832. The molecule has 2 aromatic heterocycles. The summed E-state index contributed by atoms with van der Waals surface area (Å²) in [5, 5.41) is 12.9. The number of carbonyl (C=O) groups is 3. The first-order valence-corrected chi connectivity index (χ1v) is 19.0. The molecule has 2 atom stereocenters. The average molecular weight is 729 g/mol. The number of hydrogen-bond acceptors (Lipinski definition) is 8. The van der Waals surface area contributed by atoms with Crippen LogP contribution in [0.5, 0.6) is 0 Å². The largest absolute Gasteiger partial charge is 0.374 e. The summed E-state index contributed by atoms with van der Waals surface area (Å²) >= 11 is 0. The van der Waals surface area contributed by atoms with E-state index >= 15 is 0 Å². The lowest BCUT2D eigenvalue weighted by Gasteiger charge is -2.26. The predicted molar refractivity (Wildman–Crippen MR) is 201 cm³/mol. The number of aryl methyl sites for hydroxylation is 1. The Bertz CT molecular complexity index is 1870. The fourth-order valence-corrected chi connectivity index (χ4v) is 7.29. The Morgan fingerprint density at radius 2 is 1.74 bits per heavy atom. The van der Waals surface area contributed by atoms with Gasteiger partial charge in [-0.25, -0.2) is 18.3 Å². The normalized spacial score (nSPS) is 17.5. The SMILES string of the molecule is CN(CCCCCCCCNC(=O)c1cnn2ccc(N3CCC[C@@H]3c3cc(F)ccc3F)nc12)CCCc1ccc(NC2CCC(=O)NC2=O)cc1. The predicted octanol–water partition coefficient (Wildman–Crippen LogP) is 6.20. The zero-order valence-electron chi connectivity index (χ0n) is 30.5. The van der Waals surface area contributed by atoms with Crippen LogP contribution in [0.3, 0.4) is 0 Å².